The third-order valence-electron chi connectivity index (χ3n) is 4.31. The molecule has 2 atom stereocenters. The third kappa shape index (κ3) is 4.26. The summed E-state index contributed by atoms with van der Waals surface area (Å²) in [6, 6.07) is 9.45. The number of aromatic nitrogens is 2. The summed E-state index contributed by atoms with van der Waals surface area (Å²) in [6.45, 7) is 7.19. The largest absolute Gasteiger partial charge is 0.452 e. The summed E-state index contributed by atoms with van der Waals surface area (Å²) in [7, 11) is 1.81. The second-order valence-electron chi connectivity index (χ2n) is 6.11. The number of rotatable bonds is 6. The summed E-state index contributed by atoms with van der Waals surface area (Å²) in [5.74, 6) is -1.13. The molecular weight excluding hydrogens is 318 g/mol. The van der Waals surface area contributed by atoms with Gasteiger partial charge in [0.15, 0.2) is 6.10 Å². The van der Waals surface area contributed by atoms with Crippen LogP contribution >= 0.6 is 0 Å². The molecule has 2 aromatic rings. The van der Waals surface area contributed by atoms with E-state index in [0.29, 0.717) is 12.1 Å². The number of anilines is 1. The number of benzene rings is 1. The SMILES string of the molecule is CC[C@H](C(=O)O[C@H](C)C(=O)Nc1c(C)nn(C)c1C)c1ccccc1. The Kier molecular flexibility index (Phi) is 5.96. The summed E-state index contributed by atoms with van der Waals surface area (Å²) < 4.78 is 7.10. The molecule has 0 aliphatic rings. The number of nitrogens with zero attached hydrogens (tertiary/aromatic N) is 2. The van der Waals surface area contributed by atoms with Crippen LogP contribution in [0, 0.1) is 13.8 Å². The van der Waals surface area contributed by atoms with E-state index < -0.39 is 12.1 Å². The number of hydrogen-bond acceptors (Lipinski definition) is 4. The van der Waals surface area contributed by atoms with Gasteiger partial charge in [-0.3, -0.25) is 14.3 Å². The Labute approximate surface area is 148 Å². The molecule has 1 amide bonds. The summed E-state index contributed by atoms with van der Waals surface area (Å²) >= 11 is 0. The van der Waals surface area contributed by atoms with Crippen LogP contribution in [0.2, 0.25) is 0 Å². The fraction of sp³-hybridized carbons (Fsp3) is 0.421. The smallest absolute Gasteiger partial charge is 0.314 e. The van der Waals surface area contributed by atoms with Crippen molar-refractivity contribution >= 4 is 17.6 Å². The summed E-state index contributed by atoms with van der Waals surface area (Å²) in [5.41, 5.74) is 3.12. The van der Waals surface area contributed by atoms with E-state index in [0.717, 1.165) is 17.0 Å². The first-order valence-corrected chi connectivity index (χ1v) is 8.41. The lowest BCUT2D eigenvalue weighted by Crippen LogP contribution is -2.32. The van der Waals surface area contributed by atoms with E-state index in [2.05, 4.69) is 10.4 Å². The lowest BCUT2D eigenvalue weighted by Gasteiger charge is -2.18. The van der Waals surface area contributed by atoms with Crippen LogP contribution in [0.25, 0.3) is 0 Å². The molecule has 0 radical (unpaired) electrons. The maximum atomic E-state index is 12.5. The fourth-order valence-electron chi connectivity index (χ4n) is 2.71. The van der Waals surface area contributed by atoms with Crippen molar-refractivity contribution in [1.29, 1.82) is 0 Å². The van der Waals surface area contributed by atoms with Crippen molar-refractivity contribution in [3.05, 3.63) is 47.3 Å². The van der Waals surface area contributed by atoms with Crippen LogP contribution in [-0.4, -0.2) is 27.8 Å². The number of esters is 1. The van der Waals surface area contributed by atoms with Gasteiger partial charge in [-0.05, 0) is 32.8 Å². The Morgan fingerprint density at radius 1 is 1.24 bits per heavy atom. The second kappa shape index (κ2) is 7.96. The molecule has 0 saturated heterocycles. The van der Waals surface area contributed by atoms with Gasteiger partial charge in [-0.1, -0.05) is 37.3 Å². The normalized spacial score (nSPS) is 13.2. The molecule has 0 bridgehead atoms. The topological polar surface area (TPSA) is 73.2 Å². The number of carbonyl (C=O) groups is 2. The standard InChI is InChI=1S/C19H25N3O3/c1-6-16(15-10-8-7-9-11-15)19(24)25-14(4)18(23)20-17-12(2)21-22(5)13(17)3/h7-11,14,16H,6H2,1-5H3,(H,20,23)/t14-,16+/m1/s1. The lowest BCUT2D eigenvalue weighted by molar-refractivity contribution is -0.154. The van der Waals surface area contributed by atoms with Crippen LogP contribution in [0.5, 0.6) is 0 Å². The van der Waals surface area contributed by atoms with Crippen molar-refractivity contribution in [3.8, 4) is 0 Å². The van der Waals surface area contributed by atoms with Gasteiger partial charge in [0.1, 0.15) is 0 Å². The highest BCUT2D eigenvalue weighted by molar-refractivity contribution is 5.96. The van der Waals surface area contributed by atoms with Crippen molar-refractivity contribution in [2.45, 2.75) is 46.1 Å². The lowest BCUT2D eigenvalue weighted by atomic mass is 9.97. The molecule has 0 aliphatic heterocycles. The van der Waals surface area contributed by atoms with Gasteiger partial charge in [-0.15, -0.1) is 0 Å². The van der Waals surface area contributed by atoms with Gasteiger partial charge in [0, 0.05) is 7.05 Å². The number of ether oxygens (including phenoxy) is 1. The van der Waals surface area contributed by atoms with Gasteiger partial charge >= 0.3 is 5.97 Å². The molecule has 1 heterocycles. The van der Waals surface area contributed by atoms with Crippen LogP contribution in [0.15, 0.2) is 30.3 Å². The monoisotopic (exact) mass is 343 g/mol. The molecule has 0 fully saturated rings. The molecule has 0 unspecified atom stereocenters. The molecule has 0 aliphatic carbocycles. The van der Waals surface area contributed by atoms with Gasteiger partial charge in [0.2, 0.25) is 0 Å². The molecule has 25 heavy (non-hydrogen) atoms. The van der Waals surface area contributed by atoms with Gasteiger partial charge in [0.25, 0.3) is 5.91 Å². The molecule has 6 heteroatoms. The van der Waals surface area contributed by atoms with Crippen molar-refractivity contribution in [2.24, 2.45) is 7.05 Å². The highest BCUT2D eigenvalue weighted by Crippen LogP contribution is 2.22. The van der Waals surface area contributed by atoms with E-state index >= 15 is 0 Å². The second-order valence-corrected chi connectivity index (χ2v) is 6.11. The van der Waals surface area contributed by atoms with Crippen molar-refractivity contribution in [1.82, 2.24) is 9.78 Å². The first-order chi connectivity index (χ1) is 11.8. The summed E-state index contributed by atoms with van der Waals surface area (Å²) in [5, 5.41) is 7.06. The molecule has 2 rings (SSSR count). The number of carbonyl (C=O) groups excluding carboxylic acids is 2. The van der Waals surface area contributed by atoms with Crippen LogP contribution in [0.3, 0.4) is 0 Å². The average Bonchev–Trinajstić information content (AvgIpc) is 2.82. The highest BCUT2D eigenvalue weighted by atomic mass is 16.5. The number of amides is 1. The maximum Gasteiger partial charge on any atom is 0.314 e. The Morgan fingerprint density at radius 2 is 1.88 bits per heavy atom. The molecule has 6 nitrogen and oxygen atoms in total. The molecular formula is C19H25N3O3. The van der Waals surface area contributed by atoms with Crippen molar-refractivity contribution in [2.75, 3.05) is 5.32 Å². The molecule has 1 aromatic heterocycles. The van der Waals surface area contributed by atoms with Crippen LogP contribution in [0.1, 0.15) is 43.1 Å². The van der Waals surface area contributed by atoms with Crippen LogP contribution < -0.4 is 5.32 Å². The summed E-state index contributed by atoms with van der Waals surface area (Å²) in [6.07, 6.45) is -0.276. The van der Waals surface area contributed by atoms with Crippen molar-refractivity contribution in [3.63, 3.8) is 0 Å². The van der Waals surface area contributed by atoms with Crippen LogP contribution in [0.4, 0.5) is 5.69 Å². The zero-order chi connectivity index (χ0) is 18.6. The van der Waals surface area contributed by atoms with Gasteiger partial charge < -0.3 is 10.1 Å². The highest BCUT2D eigenvalue weighted by Gasteiger charge is 2.26. The predicted octanol–water partition coefficient (Wildman–Crippen LogP) is 3.10. The molecule has 0 spiro atoms. The zero-order valence-electron chi connectivity index (χ0n) is 15.4. The number of hydrogen-bond donors (Lipinski definition) is 1. The Bertz CT molecular complexity index is 753. The van der Waals surface area contributed by atoms with E-state index in [9.17, 15) is 9.59 Å². The van der Waals surface area contributed by atoms with Crippen LogP contribution in [-0.2, 0) is 21.4 Å². The van der Waals surface area contributed by atoms with E-state index in [-0.39, 0.29) is 11.8 Å². The molecule has 0 saturated carbocycles. The fourth-order valence-corrected chi connectivity index (χ4v) is 2.71. The van der Waals surface area contributed by atoms with E-state index in [4.69, 9.17) is 4.74 Å². The minimum Gasteiger partial charge on any atom is -0.452 e. The minimum absolute atomic E-state index is 0.365. The summed E-state index contributed by atoms with van der Waals surface area (Å²) in [4.78, 5) is 24.8. The molecule has 1 N–H and O–H groups in total. The van der Waals surface area contributed by atoms with Gasteiger partial charge in [-0.25, -0.2) is 0 Å². The first kappa shape index (κ1) is 18.7. The Morgan fingerprint density at radius 3 is 2.40 bits per heavy atom. The molecule has 1 aromatic carbocycles. The quantitative estimate of drug-likeness (QED) is 0.818. The first-order valence-electron chi connectivity index (χ1n) is 8.41. The Hall–Kier alpha value is -2.63. The van der Waals surface area contributed by atoms with Gasteiger partial charge in [0.05, 0.1) is 23.0 Å². The van der Waals surface area contributed by atoms with Gasteiger partial charge in [-0.2, -0.15) is 5.10 Å². The average molecular weight is 343 g/mol. The predicted molar refractivity (Wildman–Crippen MR) is 96.3 cm³/mol. The number of nitrogens with one attached hydrogen (secondary N) is 1. The minimum atomic E-state index is -0.885. The van der Waals surface area contributed by atoms with E-state index in [1.165, 1.54) is 0 Å². The molecule has 134 valence electrons. The number of aryl methyl sites for hydroxylation is 2. The zero-order valence-corrected chi connectivity index (χ0v) is 15.4. The maximum absolute atomic E-state index is 12.5. The van der Waals surface area contributed by atoms with Crippen molar-refractivity contribution < 1.29 is 14.3 Å². The van der Waals surface area contributed by atoms with E-state index in [1.807, 2.05) is 58.2 Å². The Balaban J connectivity index is 2.03. The third-order valence-corrected chi connectivity index (χ3v) is 4.31. The van der Waals surface area contributed by atoms with E-state index in [1.54, 1.807) is 11.6 Å².